The smallest absolute Gasteiger partial charge is 0.0973 e. The van der Waals surface area contributed by atoms with E-state index in [1.807, 2.05) is 18.2 Å². The van der Waals surface area contributed by atoms with Gasteiger partial charge < -0.3 is 9.47 Å². The second-order valence-corrected chi connectivity index (χ2v) is 14.1. The highest BCUT2D eigenvalue weighted by atomic mass is 15.1. The highest BCUT2D eigenvalue weighted by Crippen LogP contribution is 2.44. The Labute approximate surface area is 312 Å². The monoisotopic (exact) mass is 690 g/mol. The van der Waals surface area contributed by atoms with Gasteiger partial charge in [-0.1, -0.05) is 115 Å². The molecule has 0 saturated heterocycles. The Morgan fingerprint density at radius 3 is 1.80 bits per heavy atom. The summed E-state index contributed by atoms with van der Waals surface area (Å²) in [4.78, 5) is 12.9. The van der Waals surface area contributed by atoms with Crippen LogP contribution in [0.5, 0.6) is 0 Å². The fraction of sp³-hybridized carbons (Fsp3) is 0.0400. The van der Waals surface area contributed by atoms with Gasteiger partial charge in [0.2, 0.25) is 0 Å². The van der Waals surface area contributed by atoms with Gasteiger partial charge in [-0.2, -0.15) is 0 Å². The Balaban J connectivity index is 1.09. The van der Waals surface area contributed by atoms with Crippen molar-refractivity contribution in [2.45, 2.75) is 13.5 Å². The van der Waals surface area contributed by atoms with Crippen LogP contribution in [0.3, 0.4) is 0 Å². The van der Waals surface area contributed by atoms with Crippen LogP contribution in [0.15, 0.2) is 176 Å². The van der Waals surface area contributed by atoms with Gasteiger partial charge in [0.1, 0.15) is 0 Å². The number of hydrogen-bond donors (Lipinski definition) is 0. The molecule has 0 N–H and O–H groups in total. The topological polar surface area (TPSA) is 34.0 Å². The zero-order chi connectivity index (χ0) is 35.8. The van der Waals surface area contributed by atoms with Crippen LogP contribution in [0.2, 0.25) is 0 Å². The van der Waals surface area contributed by atoms with Gasteiger partial charge in [0.15, 0.2) is 0 Å². The number of para-hydroxylation sites is 4. The number of benzene rings is 9. The second-order valence-electron chi connectivity index (χ2n) is 14.1. The van der Waals surface area contributed by atoms with Crippen LogP contribution in [0.25, 0.3) is 87.7 Å². The lowest BCUT2D eigenvalue weighted by Gasteiger charge is -2.28. The van der Waals surface area contributed by atoms with Gasteiger partial charge in [0, 0.05) is 56.2 Å². The van der Waals surface area contributed by atoms with E-state index in [4.69, 9.17) is 9.97 Å². The Hall–Kier alpha value is -7.04. The summed E-state index contributed by atoms with van der Waals surface area (Å²) in [5.74, 6) is 0. The summed E-state index contributed by atoms with van der Waals surface area (Å²) in [6.07, 6.45) is 0. The highest BCUT2D eigenvalue weighted by molar-refractivity contribution is 6.25. The molecule has 4 heteroatoms. The number of aryl methyl sites for hydroxylation is 1. The summed E-state index contributed by atoms with van der Waals surface area (Å²) in [6.45, 7) is 3.12. The molecule has 254 valence electrons. The molecule has 4 nitrogen and oxygen atoms in total. The first-order valence-electron chi connectivity index (χ1n) is 18.6. The maximum Gasteiger partial charge on any atom is 0.0973 e. The summed E-state index contributed by atoms with van der Waals surface area (Å²) in [6, 6.07) is 63.2. The van der Waals surface area contributed by atoms with Gasteiger partial charge >= 0.3 is 0 Å². The molecule has 0 radical (unpaired) electrons. The molecule has 0 unspecified atom stereocenters. The minimum absolute atomic E-state index is 0.868. The lowest BCUT2D eigenvalue weighted by atomic mass is 9.93. The summed E-state index contributed by atoms with van der Waals surface area (Å²) < 4.78 is 2.39. The molecule has 11 aromatic rings. The first-order chi connectivity index (χ1) is 26.7. The van der Waals surface area contributed by atoms with Gasteiger partial charge in [0.25, 0.3) is 0 Å². The SMILES string of the molecule is CCn1c2ccccc2c2cc(-c3nc4ccccc4nc3-c3ccc(N(c4ccccc4)c4ccc5ccc6cccc7ccc4c5c67)cc3)ccc21. The van der Waals surface area contributed by atoms with Crippen molar-refractivity contribution in [3.05, 3.63) is 176 Å². The van der Waals surface area contributed by atoms with Crippen molar-refractivity contribution < 1.29 is 0 Å². The molecule has 54 heavy (non-hydrogen) atoms. The molecule has 0 atom stereocenters. The molecule has 0 fully saturated rings. The fourth-order valence-corrected chi connectivity index (χ4v) is 8.63. The lowest BCUT2D eigenvalue weighted by Crippen LogP contribution is -2.10. The molecular weight excluding hydrogens is 657 g/mol. The number of hydrogen-bond acceptors (Lipinski definition) is 3. The minimum atomic E-state index is 0.868. The molecule has 0 bridgehead atoms. The van der Waals surface area contributed by atoms with Crippen molar-refractivity contribution in [1.82, 2.24) is 14.5 Å². The van der Waals surface area contributed by atoms with Crippen LogP contribution in [0.1, 0.15) is 6.92 Å². The third-order valence-corrected chi connectivity index (χ3v) is 11.1. The minimum Gasteiger partial charge on any atom is -0.341 e. The Bertz CT molecular complexity index is 3180. The average Bonchev–Trinajstić information content (AvgIpc) is 3.56. The van der Waals surface area contributed by atoms with Gasteiger partial charge in [-0.05, 0) is 94.5 Å². The molecule has 0 aliphatic heterocycles. The normalized spacial score (nSPS) is 11.9. The summed E-state index contributed by atoms with van der Waals surface area (Å²) >= 11 is 0. The quantitative estimate of drug-likeness (QED) is 0.163. The van der Waals surface area contributed by atoms with Crippen LogP contribution in [-0.4, -0.2) is 14.5 Å². The van der Waals surface area contributed by atoms with Crippen molar-refractivity contribution >= 4 is 82.2 Å². The standard InChI is InChI=1S/C50H34N4/c1-2-53-44-18-9-6-15-39(44)41-31-36(25-29-45(41)53)50-49(51-42-16-7-8-17-43(42)52-50)35-21-26-38(27-22-35)54(37-13-4-3-5-14-37)46-30-24-34-20-19-32-11-10-12-33-23-28-40(46)48(34)47(32)33/h3-31H,2H2,1H3. The fourth-order valence-electron chi connectivity index (χ4n) is 8.63. The van der Waals surface area contributed by atoms with Crippen molar-refractivity contribution in [2.75, 3.05) is 4.90 Å². The van der Waals surface area contributed by atoms with Gasteiger partial charge in [0.05, 0.1) is 28.1 Å². The zero-order valence-electron chi connectivity index (χ0n) is 29.7. The van der Waals surface area contributed by atoms with Gasteiger partial charge in [-0.3, -0.25) is 0 Å². The molecule has 11 rings (SSSR count). The van der Waals surface area contributed by atoms with E-state index >= 15 is 0 Å². The molecular formula is C50H34N4. The third kappa shape index (κ3) is 4.63. The van der Waals surface area contributed by atoms with E-state index in [1.54, 1.807) is 0 Å². The van der Waals surface area contributed by atoms with E-state index in [9.17, 15) is 0 Å². The Morgan fingerprint density at radius 2 is 1.04 bits per heavy atom. The van der Waals surface area contributed by atoms with Crippen molar-refractivity contribution in [2.24, 2.45) is 0 Å². The molecule has 9 aromatic carbocycles. The molecule has 0 aliphatic rings. The van der Waals surface area contributed by atoms with Gasteiger partial charge in [-0.15, -0.1) is 0 Å². The first kappa shape index (κ1) is 30.6. The maximum absolute atomic E-state index is 5.28. The van der Waals surface area contributed by atoms with Crippen molar-refractivity contribution in [3.8, 4) is 22.5 Å². The van der Waals surface area contributed by atoms with Crippen LogP contribution in [-0.2, 0) is 6.54 Å². The Morgan fingerprint density at radius 1 is 0.444 bits per heavy atom. The molecule has 0 saturated carbocycles. The Kier molecular flexibility index (Phi) is 6.80. The number of nitrogens with zero attached hydrogens (tertiary/aromatic N) is 4. The molecule has 0 spiro atoms. The van der Waals surface area contributed by atoms with E-state index in [-0.39, 0.29) is 0 Å². The van der Waals surface area contributed by atoms with Crippen LogP contribution < -0.4 is 4.90 Å². The maximum atomic E-state index is 5.28. The highest BCUT2D eigenvalue weighted by Gasteiger charge is 2.20. The van der Waals surface area contributed by atoms with E-state index in [2.05, 4.69) is 174 Å². The summed E-state index contributed by atoms with van der Waals surface area (Å²) in [5, 5.41) is 10.1. The number of anilines is 3. The molecule has 0 amide bonds. The summed E-state index contributed by atoms with van der Waals surface area (Å²) in [5.41, 5.74) is 11.4. The molecule has 2 heterocycles. The van der Waals surface area contributed by atoms with Crippen molar-refractivity contribution in [3.63, 3.8) is 0 Å². The van der Waals surface area contributed by atoms with Crippen LogP contribution >= 0.6 is 0 Å². The predicted molar refractivity (Wildman–Crippen MR) is 227 cm³/mol. The second kappa shape index (κ2) is 12.0. The molecule has 2 aromatic heterocycles. The van der Waals surface area contributed by atoms with E-state index in [0.717, 1.165) is 57.2 Å². The predicted octanol–water partition coefficient (Wildman–Crippen LogP) is 13.5. The zero-order valence-corrected chi connectivity index (χ0v) is 29.7. The van der Waals surface area contributed by atoms with Crippen LogP contribution in [0.4, 0.5) is 17.1 Å². The number of rotatable bonds is 6. The van der Waals surface area contributed by atoms with Crippen molar-refractivity contribution in [1.29, 1.82) is 0 Å². The van der Waals surface area contributed by atoms with E-state index in [1.165, 1.54) is 54.1 Å². The van der Waals surface area contributed by atoms with E-state index in [0.29, 0.717) is 0 Å². The molecule has 0 aliphatic carbocycles. The van der Waals surface area contributed by atoms with Gasteiger partial charge in [-0.25, -0.2) is 9.97 Å². The number of fused-ring (bicyclic) bond motifs is 4. The average molecular weight is 691 g/mol. The summed E-state index contributed by atoms with van der Waals surface area (Å²) in [7, 11) is 0. The number of aromatic nitrogens is 3. The lowest BCUT2D eigenvalue weighted by molar-refractivity contribution is 0.827. The van der Waals surface area contributed by atoms with Crippen LogP contribution in [0, 0.1) is 0 Å². The van der Waals surface area contributed by atoms with E-state index < -0.39 is 0 Å². The largest absolute Gasteiger partial charge is 0.341 e. The first-order valence-corrected chi connectivity index (χ1v) is 18.6. The third-order valence-electron chi connectivity index (χ3n) is 11.1.